The fourth-order valence-corrected chi connectivity index (χ4v) is 4.54. The Balaban J connectivity index is 1.87. The number of hydrogen-bond donors (Lipinski definition) is 2. The maximum Gasteiger partial charge on any atom is 0.320 e. The number of carboxylic acid groups (broad SMARTS) is 1. The first-order valence-corrected chi connectivity index (χ1v) is 8.84. The third kappa shape index (κ3) is 3.19. The number of rotatable bonds is 4. The Morgan fingerprint density at radius 1 is 1.39 bits per heavy atom. The van der Waals surface area contributed by atoms with E-state index in [-0.39, 0.29) is 5.75 Å². The first-order chi connectivity index (χ1) is 11.0. The topological polar surface area (TPSA) is 70.0 Å². The van der Waals surface area contributed by atoms with E-state index in [1.807, 2.05) is 0 Å². The third-order valence-corrected chi connectivity index (χ3v) is 5.95. The number of methoxy groups -OCH3 is 1. The van der Waals surface area contributed by atoms with Crippen molar-refractivity contribution in [1.29, 1.82) is 0 Å². The van der Waals surface area contributed by atoms with E-state index in [2.05, 4.69) is 20.8 Å². The SMILES string of the molecule is COc1cc(Br)c(CN2C(C(=O)O)CC3CCCCC32)cc1O. The Hall–Kier alpha value is -1.27. The normalized spacial score (nSPS) is 27.7. The lowest BCUT2D eigenvalue weighted by Crippen LogP contribution is -2.41. The minimum atomic E-state index is -0.742. The lowest BCUT2D eigenvalue weighted by atomic mass is 9.84. The van der Waals surface area contributed by atoms with Crippen molar-refractivity contribution in [3.63, 3.8) is 0 Å². The van der Waals surface area contributed by atoms with Gasteiger partial charge in [0.15, 0.2) is 11.5 Å². The van der Waals surface area contributed by atoms with Crippen LogP contribution in [-0.2, 0) is 11.3 Å². The second-order valence-corrected chi connectivity index (χ2v) is 7.34. The van der Waals surface area contributed by atoms with Crippen LogP contribution in [0.1, 0.15) is 37.7 Å². The number of nitrogens with zero attached hydrogens (tertiary/aromatic N) is 1. The van der Waals surface area contributed by atoms with Crippen molar-refractivity contribution in [3.05, 3.63) is 22.2 Å². The molecule has 1 aromatic carbocycles. The van der Waals surface area contributed by atoms with Crippen molar-refractivity contribution in [2.24, 2.45) is 5.92 Å². The average molecular weight is 384 g/mol. The van der Waals surface area contributed by atoms with E-state index < -0.39 is 12.0 Å². The quantitative estimate of drug-likeness (QED) is 0.833. The Kier molecular flexibility index (Phi) is 4.82. The van der Waals surface area contributed by atoms with Crippen LogP contribution >= 0.6 is 15.9 Å². The minimum Gasteiger partial charge on any atom is -0.504 e. The number of hydrogen-bond acceptors (Lipinski definition) is 4. The molecule has 1 aliphatic heterocycles. The summed E-state index contributed by atoms with van der Waals surface area (Å²) in [5.74, 6) is 0.230. The van der Waals surface area contributed by atoms with Crippen molar-refractivity contribution >= 4 is 21.9 Å². The number of ether oxygens (including phenoxy) is 1. The third-order valence-electron chi connectivity index (χ3n) is 5.21. The van der Waals surface area contributed by atoms with E-state index in [4.69, 9.17) is 4.74 Å². The Bertz CT molecular complexity index is 607. The lowest BCUT2D eigenvalue weighted by Gasteiger charge is -2.33. The molecule has 2 N–H and O–H groups in total. The van der Waals surface area contributed by atoms with E-state index >= 15 is 0 Å². The van der Waals surface area contributed by atoms with E-state index in [1.54, 1.807) is 12.1 Å². The van der Waals surface area contributed by atoms with Crippen LogP contribution < -0.4 is 4.74 Å². The standard InChI is InChI=1S/C17H22BrNO4/c1-23-16-8-12(18)11(7-15(16)20)9-19-13-5-3-2-4-10(13)6-14(19)17(21)22/h7-8,10,13-14,20H,2-6,9H2,1H3,(H,21,22). The monoisotopic (exact) mass is 383 g/mol. The summed E-state index contributed by atoms with van der Waals surface area (Å²) in [4.78, 5) is 13.8. The summed E-state index contributed by atoms with van der Waals surface area (Å²) < 4.78 is 5.94. The lowest BCUT2D eigenvalue weighted by molar-refractivity contribution is -0.142. The fourth-order valence-electron chi connectivity index (χ4n) is 4.09. The molecule has 3 rings (SSSR count). The maximum atomic E-state index is 11.7. The van der Waals surface area contributed by atoms with Gasteiger partial charge in [0.05, 0.1) is 7.11 Å². The molecule has 0 amide bonds. The van der Waals surface area contributed by atoms with Gasteiger partial charge in [-0.15, -0.1) is 0 Å². The highest BCUT2D eigenvalue weighted by Crippen LogP contribution is 2.42. The van der Waals surface area contributed by atoms with Gasteiger partial charge in [-0.1, -0.05) is 28.8 Å². The molecule has 1 saturated heterocycles. The van der Waals surface area contributed by atoms with Crippen LogP contribution in [0.15, 0.2) is 16.6 Å². The Morgan fingerprint density at radius 3 is 2.83 bits per heavy atom. The van der Waals surface area contributed by atoms with Gasteiger partial charge < -0.3 is 14.9 Å². The number of carbonyl (C=O) groups is 1. The molecule has 1 heterocycles. The summed E-state index contributed by atoms with van der Waals surface area (Å²) in [7, 11) is 1.51. The van der Waals surface area contributed by atoms with Gasteiger partial charge in [0.1, 0.15) is 6.04 Å². The van der Waals surface area contributed by atoms with E-state index in [1.165, 1.54) is 20.0 Å². The zero-order chi connectivity index (χ0) is 16.6. The molecule has 6 heteroatoms. The van der Waals surface area contributed by atoms with Crippen molar-refractivity contribution in [2.75, 3.05) is 7.11 Å². The van der Waals surface area contributed by atoms with Crippen molar-refractivity contribution < 1.29 is 19.7 Å². The van der Waals surface area contributed by atoms with Crippen LogP contribution in [0.2, 0.25) is 0 Å². The first-order valence-electron chi connectivity index (χ1n) is 8.05. The van der Waals surface area contributed by atoms with Gasteiger partial charge >= 0.3 is 5.97 Å². The van der Waals surface area contributed by atoms with Gasteiger partial charge in [-0.25, -0.2) is 0 Å². The van der Waals surface area contributed by atoms with Crippen LogP contribution in [0, 0.1) is 5.92 Å². The molecule has 3 unspecified atom stereocenters. The van der Waals surface area contributed by atoms with Gasteiger partial charge in [-0.2, -0.15) is 0 Å². The summed E-state index contributed by atoms with van der Waals surface area (Å²) in [6.07, 6.45) is 5.29. The number of phenolic OH excluding ortho intramolecular Hbond substituents is 1. The van der Waals surface area contributed by atoms with E-state index in [9.17, 15) is 15.0 Å². The van der Waals surface area contributed by atoms with Crippen LogP contribution in [0.4, 0.5) is 0 Å². The number of aromatic hydroxyl groups is 1. The molecular weight excluding hydrogens is 362 g/mol. The highest BCUT2D eigenvalue weighted by Gasteiger charge is 2.45. The zero-order valence-electron chi connectivity index (χ0n) is 13.2. The van der Waals surface area contributed by atoms with Gasteiger partial charge in [-0.05, 0) is 42.9 Å². The van der Waals surface area contributed by atoms with Gasteiger partial charge in [0.25, 0.3) is 0 Å². The van der Waals surface area contributed by atoms with E-state index in [0.29, 0.717) is 24.3 Å². The van der Waals surface area contributed by atoms with Crippen molar-refractivity contribution in [2.45, 2.75) is 50.7 Å². The molecule has 126 valence electrons. The number of benzene rings is 1. The van der Waals surface area contributed by atoms with Crippen LogP contribution in [-0.4, -0.2) is 40.3 Å². The molecule has 5 nitrogen and oxygen atoms in total. The predicted octanol–water partition coefficient (Wildman–Crippen LogP) is 3.38. The Morgan fingerprint density at radius 2 is 2.13 bits per heavy atom. The number of phenols is 1. The number of aliphatic carboxylic acids is 1. The molecule has 0 spiro atoms. The molecule has 0 aromatic heterocycles. The summed E-state index contributed by atoms with van der Waals surface area (Å²) in [5, 5.41) is 19.6. The maximum absolute atomic E-state index is 11.7. The second-order valence-electron chi connectivity index (χ2n) is 6.49. The minimum absolute atomic E-state index is 0.0805. The van der Waals surface area contributed by atoms with Gasteiger partial charge in [0, 0.05) is 17.1 Å². The highest BCUT2D eigenvalue weighted by atomic mass is 79.9. The number of fused-ring (bicyclic) bond motifs is 1. The van der Waals surface area contributed by atoms with Crippen molar-refractivity contribution in [3.8, 4) is 11.5 Å². The highest BCUT2D eigenvalue weighted by molar-refractivity contribution is 9.10. The second kappa shape index (κ2) is 6.69. The molecule has 0 bridgehead atoms. The largest absolute Gasteiger partial charge is 0.504 e. The molecule has 23 heavy (non-hydrogen) atoms. The summed E-state index contributed by atoms with van der Waals surface area (Å²) in [6, 6.07) is 3.30. The number of likely N-dealkylation sites (tertiary alicyclic amines) is 1. The first kappa shape index (κ1) is 16.6. The van der Waals surface area contributed by atoms with Gasteiger partial charge in [0.2, 0.25) is 0 Å². The van der Waals surface area contributed by atoms with Gasteiger partial charge in [-0.3, -0.25) is 9.69 Å². The van der Waals surface area contributed by atoms with Crippen LogP contribution in [0.25, 0.3) is 0 Å². The number of halogens is 1. The molecule has 1 aromatic rings. The molecule has 0 radical (unpaired) electrons. The molecular formula is C17H22BrNO4. The van der Waals surface area contributed by atoms with Crippen LogP contribution in [0.3, 0.4) is 0 Å². The van der Waals surface area contributed by atoms with Crippen molar-refractivity contribution in [1.82, 2.24) is 4.90 Å². The predicted molar refractivity (Wildman–Crippen MR) is 89.7 cm³/mol. The molecule has 2 aliphatic rings. The number of carboxylic acids is 1. The zero-order valence-corrected chi connectivity index (χ0v) is 14.8. The van der Waals surface area contributed by atoms with E-state index in [0.717, 1.165) is 29.3 Å². The molecule has 3 atom stereocenters. The summed E-state index contributed by atoms with van der Waals surface area (Å²) in [6.45, 7) is 0.524. The Labute approximate surface area is 144 Å². The smallest absolute Gasteiger partial charge is 0.320 e. The molecule has 1 aliphatic carbocycles. The van der Waals surface area contributed by atoms with Crippen LogP contribution in [0.5, 0.6) is 11.5 Å². The average Bonchev–Trinajstić information content (AvgIpc) is 2.89. The molecule has 2 fully saturated rings. The molecule has 1 saturated carbocycles. The summed E-state index contributed by atoms with van der Waals surface area (Å²) >= 11 is 3.51. The summed E-state index contributed by atoms with van der Waals surface area (Å²) in [5.41, 5.74) is 0.890. The fraction of sp³-hybridized carbons (Fsp3) is 0.588.